The molecular formula is C32H38N4O5. The van der Waals surface area contributed by atoms with E-state index in [1.807, 2.05) is 36.5 Å². The number of rotatable bonds is 12. The Balaban J connectivity index is 1.44. The number of aliphatic hydroxyl groups excluding tert-OH is 1. The van der Waals surface area contributed by atoms with Crippen molar-refractivity contribution >= 4 is 17.8 Å². The third-order valence-corrected chi connectivity index (χ3v) is 7.42. The van der Waals surface area contributed by atoms with Gasteiger partial charge in [0, 0.05) is 43.2 Å². The first kappa shape index (κ1) is 29.9. The number of aliphatic carboxylic acids is 1. The summed E-state index contributed by atoms with van der Waals surface area (Å²) in [5, 5.41) is 26.8. The molecule has 9 heteroatoms. The van der Waals surface area contributed by atoms with Crippen LogP contribution < -0.4 is 10.6 Å². The number of pyridine rings is 1. The molecule has 3 atom stereocenters. The average molecular weight is 559 g/mol. The molecule has 2 unspecified atom stereocenters. The van der Waals surface area contributed by atoms with Crippen molar-refractivity contribution in [1.82, 2.24) is 20.5 Å². The molecule has 1 aliphatic heterocycles. The van der Waals surface area contributed by atoms with E-state index in [0.29, 0.717) is 38.3 Å². The number of nitrogens with one attached hydrogen (secondary N) is 2. The molecule has 0 bridgehead atoms. The highest BCUT2D eigenvalue weighted by Gasteiger charge is 2.34. The number of nitrogens with zero attached hydrogens (tertiary/aromatic N) is 2. The molecule has 2 heterocycles. The van der Waals surface area contributed by atoms with Crippen LogP contribution in [0.5, 0.6) is 0 Å². The summed E-state index contributed by atoms with van der Waals surface area (Å²) in [5.41, 5.74) is 3.63. The molecule has 1 aromatic heterocycles. The lowest BCUT2D eigenvalue weighted by molar-refractivity contribution is -0.141. The van der Waals surface area contributed by atoms with Crippen LogP contribution in [0.1, 0.15) is 70.0 Å². The number of carbonyl (C=O) groups is 3. The van der Waals surface area contributed by atoms with Crippen LogP contribution in [0.4, 0.5) is 0 Å². The second kappa shape index (κ2) is 14.0. The number of carbonyl (C=O) groups excluding carboxylic acids is 2. The zero-order chi connectivity index (χ0) is 29.4. The Morgan fingerprint density at radius 2 is 1.76 bits per heavy atom. The Bertz CT molecular complexity index is 1350. The highest BCUT2D eigenvalue weighted by Crippen LogP contribution is 2.21. The maximum absolute atomic E-state index is 13.3. The van der Waals surface area contributed by atoms with Crippen molar-refractivity contribution < 1.29 is 24.6 Å². The molecule has 1 aliphatic rings. The smallest absolute Gasteiger partial charge is 0.326 e. The van der Waals surface area contributed by atoms with Crippen LogP contribution in [-0.4, -0.2) is 69.2 Å². The van der Waals surface area contributed by atoms with Crippen molar-refractivity contribution in [2.24, 2.45) is 0 Å². The molecule has 0 aliphatic carbocycles. The fourth-order valence-corrected chi connectivity index (χ4v) is 5.06. The summed E-state index contributed by atoms with van der Waals surface area (Å²) in [7, 11) is 0. The fourth-order valence-electron chi connectivity index (χ4n) is 5.06. The van der Waals surface area contributed by atoms with E-state index >= 15 is 0 Å². The second-order valence-electron chi connectivity index (χ2n) is 10.8. The van der Waals surface area contributed by atoms with E-state index in [1.165, 1.54) is 11.0 Å². The minimum absolute atomic E-state index is 0.244. The number of hydrogen-bond acceptors (Lipinski definition) is 6. The maximum Gasteiger partial charge on any atom is 0.326 e. The van der Waals surface area contributed by atoms with Gasteiger partial charge in [0.15, 0.2) is 0 Å². The lowest BCUT2D eigenvalue weighted by Gasteiger charge is -2.25. The molecule has 1 saturated heterocycles. The van der Waals surface area contributed by atoms with E-state index in [0.717, 1.165) is 16.7 Å². The van der Waals surface area contributed by atoms with Crippen molar-refractivity contribution in [2.45, 2.75) is 63.8 Å². The van der Waals surface area contributed by atoms with Crippen LogP contribution in [0, 0.1) is 0 Å². The second-order valence-corrected chi connectivity index (χ2v) is 10.8. The van der Waals surface area contributed by atoms with Gasteiger partial charge < -0.3 is 25.7 Å². The molecule has 0 spiro atoms. The summed E-state index contributed by atoms with van der Waals surface area (Å²) in [5.74, 6) is -1.50. The normalized spacial score (nSPS) is 16.4. The Labute approximate surface area is 240 Å². The molecule has 0 saturated carbocycles. The van der Waals surface area contributed by atoms with Crippen LogP contribution in [0.25, 0.3) is 0 Å². The van der Waals surface area contributed by atoms with Gasteiger partial charge in [0.1, 0.15) is 6.04 Å². The average Bonchev–Trinajstić information content (AvgIpc) is 3.48. The first-order valence-electron chi connectivity index (χ1n) is 14.0. The van der Waals surface area contributed by atoms with E-state index in [2.05, 4.69) is 35.5 Å². The summed E-state index contributed by atoms with van der Waals surface area (Å²) in [6, 6.07) is 16.5. The van der Waals surface area contributed by atoms with Crippen LogP contribution >= 0.6 is 0 Å². The number of carboxylic acid groups (broad SMARTS) is 1. The van der Waals surface area contributed by atoms with Gasteiger partial charge in [0.25, 0.3) is 11.8 Å². The number of likely N-dealkylation sites (tertiary alicyclic amines) is 1. The summed E-state index contributed by atoms with van der Waals surface area (Å²) in [6.07, 6.45) is 4.19. The topological polar surface area (TPSA) is 132 Å². The van der Waals surface area contributed by atoms with E-state index in [4.69, 9.17) is 0 Å². The summed E-state index contributed by atoms with van der Waals surface area (Å²) in [6.45, 7) is 5.35. The molecule has 1 fully saturated rings. The standard InChI is InChI=1S/C32H38N4O5/c1-21(2)26-14-23(17-33-19-26)18-34-20-29(37)27(15-22-8-4-3-5-9-22)35-30(38)24-10-6-11-25(16-24)31(39)36-13-7-12-28(36)32(40)41/h3-6,8-11,14,16-17,19,21,27-29,34,37H,7,12-13,15,18,20H2,1-2H3,(H,35,38)(H,40,41)/t27?,28-,29?/m1/s1. The van der Waals surface area contributed by atoms with Gasteiger partial charge >= 0.3 is 5.97 Å². The van der Waals surface area contributed by atoms with E-state index in [1.54, 1.807) is 24.4 Å². The minimum Gasteiger partial charge on any atom is -0.480 e. The van der Waals surface area contributed by atoms with Gasteiger partial charge in [-0.1, -0.05) is 56.3 Å². The van der Waals surface area contributed by atoms with Gasteiger partial charge in [-0.25, -0.2) is 4.79 Å². The van der Waals surface area contributed by atoms with Crippen LogP contribution in [0.2, 0.25) is 0 Å². The van der Waals surface area contributed by atoms with E-state index in [9.17, 15) is 24.6 Å². The van der Waals surface area contributed by atoms with E-state index < -0.39 is 36.0 Å². The minimum atomic E-state index is -1.03. The van der Waals surface area contributed by atoms with Gasteiger partial charge in [-0.15, -0.1) is 0 Å². The van der Waals surface area contributed by atoms with Crippen molar-refractivity contribution in [2.75, 3.05) is 13.1 Å². The van der Waals surface area contributed by atoms with Gasteiger partial charge in [0.2, 0.25) is 0 Å². The van der Waals surface area contributed by atoms with Crippen molar-refractivity contribution in [3.05, 3.63) is 101 Å². The number of benzene rings is 2. The van der Waals surface area contributed by atoms with Crippen LogP contribution in [-0.2, 0) is 17.8 Å². The highest BCUT2D eigenvalue weighted by molar-refractivity contribution is 6.01. The largest absolute Gasteiger partial charge is 0.480 e. The molecule has 216 valence electrons. The van der Waals surface area contributed by atoms with Gasteiger partial charge in [-0.05, 0) is 60.1 Å². The van der Waals surface area contributed by atoms with Crippen molar-refractivity contribution in [3.8, 4) is 0 Å². The Morgan fingerprint density at radius 3 is 2.49 bits per heavy atom. The predicted octanol–water partition coefficient (Wildman–Crippen LogP) is 3.39. The molecule has 4 rings (SSSR count). The third kappa shape index (κ3) is 7.99. The first-order valence-corrected chi connectivity index (χ1v) is 14.0. The van der Waals surface area contributed by atoms with Gasteiger partial charge in [-0.3, -0.25) is 14.6 Å². The zero-order valence-corrected chi connectivity index (χ0v) is 23.5. The lowest BCUT2D eigenvalue weighted by Crippen LogP contribution is -2.48. The molecule has 2 amide bonds. The van der Waals surface area contributed by atoms with E-state index in [-0.39, 0.29) is 17.7 Å². The molecule has 2 aromatic carbocycles. The molecule has 0 radical (unpaired) electrons. The molecule has 3 aromatic rings. The third-order valence-electron chi connectivity index (χ3n) is 7.42. The monoisotopic (exact) mass is 558 g/mol. The van der Waals surface area contributed by atoms with Gasteiger partial charge in [-0.2, -0.15) is 0 Å². The Hall–Kier alpha value is -4.08. The molecule has 9 nitrogen and oxygen atoms in total. The molecule has 41 heavy (non-hydrogen) atoms. The van der Waals surface area contributed by atoms with Crippen LogP contribution in [0.3, 0.4) is 0 Å². The number of aromatic nitrogens is 1. The Kier molecular flexibility index (Phi) is 10.2. The summed E-state index contributed by atoms with van der Waals surface area (Å²) < 4.78 is 0. The molecular weight excluding hydrogens is 520 g/mol. The zero-order valence-electron chi connectivity index (χ0n) is 23.5. The van der Waals surface area contributed by atoms with Crippen LogP contribution in [0.15, 0.2) is 73.1 Å². The number of amides is 2. The molecule has 4 N–H and O–H groups in total. The maximum atomic E-state index is 13.3. The highest BCUT2D eigenvalue weighted by atomic mass is 16.4. The number of carboxylic acids is 1. The summed E-state index contributed by atoms with van der Waals surface area (Å²) >= 11 is 0. The van der Waals surface area contributed by atoms with Crippen molar-refractivity contribution in [3.63, 3.8) is 0 Å². The SMILES string of the molecule is CC(C)c1cncc(CNCC(O)C(Cc2ccccc2)NC(=O)c2cccc(C(=O)N3CCC[C@@H]3C(=O)O)c2)c1. The lowest BCUT2D eigenvalue weighted by atomic mass is 10.00. The Morgan fingerprint density at radius 1 is 1.00 bits per heavy atom. The van der Waals surface area contributed by atoms with Gasteiger partial charge in [0.05, 0.1) is 12.1 Å². The fraction of sp³-hybridized carbons (Fsp3) is 0.375. The van der Waals surface area contributed by atoms with Crippen molar-refractivity contribution in [1.29, 1.82) is 0 Å². The quantitative estimate of drug-likeness (QED) is 0.268. The number of aliphatic hydroxyl groups is 1. The first-order chi connectivity index (χ1) is 19.7. The predicted molar refractivity (Wildman–Crippen MR) is 156 cm³/mol. The number of hydrogen-bond donors (Lipinski definition) is 4. The summed E-state index contributed by atoms with van der Waals surface area (Å²) in [4.78, 5) is 43.6.